The molecule has 4 aliphatic rings. The number of anilines is 2. The summed E-state index contributed by atoms with van der Waals surface area (Å²) in [7, 11) is 0. The van der Waals surface area contributed by atoms with Crippen molar-refractivity contribution in [3.05, 3.63) is 57.6 Å². The summed E-state index contributed by atoms with van der Waals surface area (Å²) in [6, 6.07) is 8.43. The van der Waals surface area contributed by atoms with Gasteiger partial charge in [-0.25, -0.2) is 0 Å². The summed E-state index contributed by atoms with van der Waals surface area (Å²) in [5.74, 6) is 0. The Labute approximate surface area is 182 Å². The summed E-state index contributed by atoms with van der Waals surface area (Å²) in [6.45, 7) is 3.36. The number of epoxide rings is 4. The Morgan fingerprint density at radius 2 is 0.903 bits per heavy atom. The molecule has 4 saturated heterocycles. The van der Waals surface area contributed by atoms with Crippen LogP contribution in [0.4, 0.5) is 11.4 Å². The topological polar surface area (TPSA) is 102 Å². The highest BCUT2D eigenvalue weighted by molar-refractivity contribution is 5.62. The van der Waals surface area contributed by atoms with Gasteiger partial charge in [0.05, 0.1) is 50.8 Å². The zero-order valence-electron chi connectivity index (χ0n) is 17.8. The SMILES string of the molecule is Nc1ccc(CC2CO2)c(CC2CO2)c1Cc1c(N)ccc(CC2CO2)c1CC1CO1. The van der Waals surface area contributed by atoms with Crippen LogP contribution < -0.4 is 11.5 Å². The lowest BCUT2D eigenvalue weighted by Gasteiger charge is -2.21. The summed E-state index contributed by atoms with van der Waals surface area (Å²) >= 11 is 0. The molecule has 4 aliphatic heterocycles. The molecule has 4 fully saturated rings. The lowest BCUT2D eigenvalue weighted by atomic mass is 9.85. The summed E-state index contributed by atoms with van der Waals surface area (Å²) in [5, 5.41) is 0. The minimum Gasteiger partial charge on any atom is -0.398 e. The van der Waals surface area contributed by atoms with Gasteiger partial charge in [-0.1, -0.05) is 12.1 Å². The van der Waals surface area contributed by atoms with Crippen molar-refractivity contribution in [1.29, 1.82) is 0 Å². The zero-order chi connectivity index (χ0) is 20.9. The molecular formula is C25H30N2O4. The van der Waals surface area contributed by atoms with Gasteiger partial charge in [-0.3, -0.25) is 0 Å². The molecule has 6 nitrogen and oxygen atoms in total. The minimum atomic E-state index is 0.300. The van der Waals surface area contributed by atoms with E-state index in [-0.39, 0.29) is 0 Å². The van der Waals surface area contributed by atoms with Crippen LogP contribution >= 0.6 is 0 Å². The normalized spacial score (nSPS) is 27.9. The van der Waals surface area contributed by atoms with Crippen LogP contribution in [0.5, 0.6) is 0 Å². The van der Waals surface area contributed by atoms with E-state index in [1.165, 1.54) is 33.4 Å². The Balaban J connectivity index is 1.39. The van der Waals surface area contributed by atoms with E-state index in [0.717, 1.165) is 69.9 Å². The molecule has 0 aromatic heterocycles. The number of nitrogen functional groups attached to an aromatic ring is 2. The first-order chi connectivity index (χ1) is 15.1. The maximum absolute atomic E-state index is 6.57. The van der Waals surface area contributed by atoms with Gasteiger partial charge >= 0.3 is 0 Å². The smallest absolute Gasteiger partial charge is 0.0850 e. The van der Waals surface area contributed by atoms with E-state index in [9.17, 15) is 0 Å². The van der Waals surface area contributed by atoms with E-state index in [1.54, 1.807) is 0 Å². The molecule has 0 amide bonds. The highest BCUT2D eigenvalue weighted by Crippen LogP contribution is 2.35. The quantitative estimate of drug-likeness (QED) is 0.450. The van der Waals surface area contributed by atoms with Crippen LogP contribution in [0.25, 0.3) is 0 Å². The number of hydrogen-bond donors (Lipinski definition) is 2. The van der Waals surface area contributed by atoms with Gasteiger partial charge in [0.15, 0.2) is 0 Å². The Morgan fingerprint density at radius 1 is 0.548 bits per heavy atom. The first-order valence-corrected chi connectivity index (χ1v) is 11.4. The van der Waals surface area contributed by atoms with E-state index < -0.39 is 0 Å². The van der Waals surface area contributed by atoms with Crippen LogP contribution in [0.15, 0.2) is 24.3 Å². The summed E-state index contributed by atoms with van der Waals surface area (Å²) in [4.78, 5) is 0. The van der Waals surface area contributed by atoms with Gasteiger partial charge in [0.1, 0.15) is 0 Å². The van der Waals surface area contributed by atoms with Gasteiger partial charge in [0, 0.05) is 43.5 Å². The second-order valence-electron chi connectivity index (χ2n) is 9.36. The average molecular weight is 423 g/mol. The Morgan fingerprint density at radius 3 is 1.26 bits per heavy atom. The molecule has 4 atom stereocenters. The maximum atomic E-state index is 6.57. The third kappa shape index (κ3) is 4.58. The van der Waals surface area contributed by atoms with Crippen LogP contribution in [0.1, 0.15) is 33.4 Å². The molecular weight excluding hydrogens is 392 g/mol. The van der Waals surface area contributed by atoms with Crippen molar-refractivity contribution in [2.24, 2.45) is 0 Å². The Hall–Kier alpha value is -2.12. The van der Waals surface area contributed by atoms with Gasteiger partial charge in [-0.05, 0) is 45.5 Å². The molecule has 4 heterocycles. The van der Waals surface area contributed by atoms with Gasteiger partial charge in [0.2, 0.25) is 0 Å². The second kappa shape index (κ2) is 7.78. The number of nitrogens with two attached hydrogens (primary N) is 2. The fourth-order valence-corrected chi connectivity index (χ4v) is 4.69. The molecule has 0 aliphatic carbocycles. The molecule has 164 valence electrons. The van der Waals surface area contributed by atoms with Gasteiger partial charge in [-0.2, -0.15) is 0 Å². The molecule has 0 spiro atoms. The highest BCUT2D eigenvalue weighted by Gasteiger charge is 2.32. The van der Waals surface area contributed by atoms with Crippen molar-refractivity contribution in [1.82, 2.24) is 0 Å². The fraction of sp³-hybridized carbons (Fsp3) is 0.520. The third-order valence-electron chi connectivity index (χ3n) is 6.85. The lowest BCUT2D eigenvalue weighted by molar-refractivity contribution is 0.401. The van der Waals surface area contributed by atoms with Crippen molar-refractivity contribution >= 4 is 11.4 Å². The summed E-state index contributed by atoms with van der Waals surface area (Å²) < 4.78 is 22.2. The largest absolute Gasteiger partial charge is 0.398 e. The number of hydrogen-bond acceptors (Lipinski definition) is 6. The van der Waals surface area contributed by atoms with Crippen molar-refractivity contribution < 1.29 is 18.9 Å². The minimum absolute atomic E-state index is 0.300. The van der Waals surface area contributed by atoms with Crippen molar-refractivity contribution in [2.75, 3.05) is 37.9 Å². The monoisotopic (exact) mass is 422 g/mol. The first-order valence-electron chi connectivity index (χ1n) is 11.4. The van der Waals surface area contributed by atoms with Crippen LogP contribution in [-0.2, 0) is 51.1 Å². The lowest BCUT2D eigenvalue weighted by Crippen LogP contribution is -2.13. The van der Waals surface area contributed by atoms with Crippen LogP contribution in [0.2, 0.25) is 0 Å². The molecule has 4 unspecified atom stereocenters. The zero-order valence-corrected chi connectivity index (χ0v) is 17.8. The van der Waals surface area contributed by atoms with Crippen LogP contribution in [0.3, 0.4) is 0 Å². The van der Waals surface area contributed by atoms with E-state index >= 15 is 0 Å². The molecule has 2 aromatic carbocycles. The summed E-state index contributed by atoms with van der Waals surface area (Å²) in [6.07, 6.45) is 5.69. The Kier molecular flexibility index (Phi) is 4.91. The molecule has 6 rings (SSSR count). The number of ether oxygens (including phenoxy) is 4. The second-order valence-corrected chi connectivity index (χ2v) is 9.36. The number of benzene rings is 2. The first kappa shape index (κ1) is 19.6. The average Bonchev–Trinajstić information content (AvgIpc) is 3.59. The third-order valence-corrected chi connectivity index (χ3v) is 6.85. The van der Waals surface area contributed by atoms with E-state index in [2.05, 4.69) is 12.1 Å². The van der Waals surface area contributed by atoms with Gasteiger partial charge < -0.3 is 30.4 Å². The van der Waals surface area contributed by atoms with Crippen LogP contribution in [-0.4, -0.2) is 50.8 Å². The van der Waals surface area contributed by atoms with Gasteiger partial charge in [-0.15, -0.1) is 0 Å². The number of rotatable bonds is 10. The fourth-order valence-electron chi connectivity index (χ4n) is 4.69. The molecule has 31 heavy (non-hydrogen) atoms. The van der Waals surface area contributed by atoms with Crippen LogP contribution in [0, 0.1) is 0 Å². The van der Waals surface area contributed by atoms with E-state index in [0.29, 0.717) is 24.4 Å². The highest BCUT2D eigenvalue weighted by atomic mass is 16.6. The summed E-state index contributed by atoms with van der Waals surface area (Å²) in [5.41, 5.74) is 22.5. The molecule has 0 saturated carbocycles. The van der Waals surface area contributed by atoms with Crippen molar-refractivity contribution in [3.8, 4) is 0 Å². The Bertz CT molecular complexity index is 912. The predicted octanol–water partition coefficient (Wildman–Crippen LogP) is 2.21. The molecule has 6 heteroatoms. The maximum Gasteiger partial charge on any atom is 0.0850 e. The van der Waals surface area contributed by atoms with Crippen molar-refractivity contribution in [2.45, 2.75) is 56.5 Å². The molecule has 4 N–H and O–H groups in total. The van der Waals surface area contributed by atoms with E-state index in [1.807, 2.05) is 12.1 Å². The standard InChI is InChI=1S/C25H30N2O4/c26-24-3-1-14(5-16-10-28-16)20(7-18-12-30-18)22(24)9-23-21(8-19-13-31-19)15(2-4-25(23)27)6-17-11-29-17/h1-4,16-19H,5-13,26-27H2. The molecule has 2 aromatic rings. The predicted molar refractivity (Wildman–Crippen MR) is 118 cm³/mol. The van der Waals surface area contributed by atoms with Gasteiger partial charge in [0.25, 0.3) is 0 Å². The van der Waals surface area contributed by atoms with E-state index in [4.69, 9.17) is 30.4 Å². The molecule has 0 bridgehead atoms. The van der Waals surface area contributed by atoms with Crippen molar-refractivity contribution in [3.63, 3.8) is 0 Å². The molecule has 0 radical (unpaired) electrons.